The first kappa shape index (κ1) is 22.8. The van der Waals surface area contributed by atoms with Crippen molar-refractivity contribution in [3.05, 3.63) is 53.8 Å². The van der Waals surface area contributed by atoms with E-state index in [1.807, 2.05) is 0 Å². The molecule has 1 aliphatic rings. The lowest BCUT2D eigenvalue weighted by Gasteiger charge is -2.21. The van der Waals surface area contributed by atoms with E-state index in [2.05, 4.69) is 10.6 Å². The molecule has 0 heterocycles. The predicted molar refractivity (Wildman–Crippen MR) is 109 cm³/mol. The third kappa shape index (κ3) is 5.43. The molecule has 0 aromatic heterocycles. The minimum absolute atomic E-state index is 0.0188. The minimum Gasteiger partial charge on any atom is -0.323 e. The van der Waals surface area contributed by atoms with E-state index >= 15 is 0 Å². The van der Waals surface area contributed by atoms with Crippen LogP contribution in [0.2, 0.25) is 0 Å². The average Bonchev–Trinajstić information content (AvgIpc) is 2.76. The highest BCUT2D eigenvalue weighted by atomic mass is 32.2. The molecule has 166 valence electrons. The monoisotopic (exact) mass is 454 g/mol. The highest BCUT2D eigenvalue weighted by Crippen LogP contribution is 2.27. The van der Waals surface area contributed by atoms with Crippen LogP contribution in [-0.2, 0) is 14.6 Å². The first-order valence-corrected chi connectivity index (χ1v) is 11.3. The lowest BCUT2D eigenvalue weighted by atomic mass is 9.88. The van der Waals surface area contributed by atoms with Crippen molar-refractivity contribution in [2.75, 3.05) is 10.6 Å². The zero-order valence-corrected chi connectivity index (χ0v) is 17.2. The van der Waals surface area contributed by atoms with Crippen LogP contribution in [0, 0.1) is 11.7 Å². The molecule has 6 nitrogen and oxygen atoms in total. The second kappa shape index (κ2) is 9.51. The Bertz CT molecular complexity index is 1070. The van der Waals surface area contributed by atoms with Gasteiger partial charge in [-0.2, -0.15) is 8.78 Å². The summed E-state index contributed by atoms with van der Waals surface area (Å²) in [5.41, 5.74) is 0.159. The summed E-state index contributed by atoms with van der Waals surface area (Å²) in [5.74, 6) is -5.30. The highest BCUT2D eigenvalue weighted by Gasteiger charge is 2.26. The van der Waals surface area contributed by atoms with Gasteiger partial charge in [-0.05, 0) is 55.3 Å². The molecule has 1 saturated carbocycles. The quantitative estimate of drug-likeness (QED) is 0.668. The molecule has 0 bridgehead atoms. The second-order valence-electron chi connectivity index (χ2n) is 7.30. The highest BCUT2D eigenvalue weighted by molar-refractivity contribution is 7.91. The van der Waals surface area contributed by atoms with Gasteiger partial charge in [0, 0.05) is 17.2 Å². The summed E-state index contributed by atoms with van der Waals surface area (Å²) in [6.07, 6.45) is 4.49. The number of alkyl halides is 2. The summed E-state index contributed by atoms with van der Waals surface area (Å²) in [7, 11) is -4.76. The predicted octanol–water partition coefficient (Wildman–Crippen LogP) is 4.59. The molecule has 1 fully saturated rings. The molecule has 3 rings (SSSR count). The van der Waals surface area contributed by atoms with Crippen molar-refractivity contribution < 1.29 is 31.2 Å². The molecule has 0 radical (unpaired) electrons. The van der Waals surface area contributed by atoms with Crippen LogP contribution < -0.4 is 10.6 Å². The molecule has 2 aromatic rings. The number of rotatable bonds is 6. The summed E-state index contributed by atoms with van der Waals surface area (Å²) in [5, 5.41) is 5.07. The van der Waals surface area contributed by atoms with E-state index in [0.717, 1.165) is 62.4 Å². The van der Waals surface area contributed by atoms with Gasteiger partial charge in [0.05, 0.1) is 10.6 Å². The summed E-state index contributed by atoms with van der Waals surface area (Å²) in [6.45, 7) is 0. The minimum atomic E-state index is -4.76. The lowest BCUT2D eigenvalue weighted by molar-refractivity contribution is -0.120. The molecule has 10 heteroatoms. The second-order valence-corrected chi connectivity index (χ2v) is 9.22. The Kier molecular flexibility index (Phi) is 6.99. The average molecular weight is 454 g/mol. The Morgan fingerprint density at radius 1 is 0.935 bits per heavy atom. The van der Waals surface area contributed by atoms with Crippen LogP contribution in [0.25, 0.3) is 0 Å². The number of carbonyl (C=O) groups excluding carboxylic acids is 2. The smallest absolute Gasteiger partial charge is 0.323 e. The van der Waals surface area contributed by atoms with E-state index in [9.17, 15) is 31.2 Å². The molecule has 1 aliphatic carbocycles. The lowest BCUT2D eigenvalue weighted by Crippen LogP contribution is -2.25. The number of anilines is 2. The number of carbonyl (C=O) groups is 2. The molecule has 31 heavy (non-hydrogen) atoms. The van der Waals surface area contributed by atoms with E-state index in [0.29, 0.717) is 0 Å². The number of halogens is 3. The fourth-order valence-electron chi connectivity index (χ4n) is 3.40. The third-order valence-electron chi connectivity index (χ3n) is 5.14. The van der Waals surface area contributed by atoms with E-state index in [1.54, 1.807) is 0 Å². The van der Waals surface area contributed by atoms with Gasteiger partial charge in [0.1, 0.15) is 5.82 Å². The summed E-state index contributed by atoms with van der Waals surface area (Å²) in [4.78, 5) is 24.1. The van der Waals surface area contributed by atoms with E-state index in [4.69, 9.17) is 0 Å². The van der Waals surface area contributed by atoms with Crippen LogP contribution in [0.4, 0.5) is 24.5 Å². The van der Waals surface area contributed by atoms with Crippen molar-refractivity contribution in [2.24, 2.45) is 5.92 Å². The van der Waals surface area contributed by atoms with Crippen LogP contribution in [0.5, 0.6) is 0 Å². The Morgan fingerprint density at radius 2 is 1.58 bits per heavy atom. The molecule has 2 amide bonds. The van der Waals surface area contributed by atoms with Crippen molar-refractivity contribution in [3.63, 3.8) is 0 Å². The topological polar surface area (TPSA) is 92.3 Å². The fourth-order valence-corrected chi connectivity index (χ4v) is 4.12. The van der Waals surface area contributed by atoms with Gasteiger partial charge in [-0.3, -0.25) is 9.59 Å². The number of benzene rings is 2. The van der Waals surface area contributed by atoms with Crippen LogP contribution >= 0.6 is 0 Å². The van der Waals surface area contributed by atoms with Gasteiger partial charge < -0.3 is 10.6 Å². The van der Waals surface area contributed by atoms with Crippen molar-refractivity contribution in [1.29, 1.82) is 0 Å². The number of sulfone groups is 1. The standard InChI is InChI=1S/C21H21F3N2O4S/c22-17-11-8-15(12-18(17)26-20(28)13-4-2-1-3-5-13)25-19(27)14-6-9-16(10-7-14)31(29,30)21(23)24/h6-13,21H,1-5H2,(H,25,27)(H,26,28). The van der Waals surface area contributed by atoms with Gasteiger partial charge in [0.2, 0.25) is 15.7 Å². The molecule has 0 spiro atoms. The van der Waals surface area contributed by atoms with Crippen molar-refractivity contribution in [2.45, 2.75) is 42.8 Å². The zero-order chi connectivity index (χ0) is 22.6. The van der Waals surface area contributed by atoms with Crippen molar-refractivity contribution in [3.8, 4) is 0 Å². The van der Waals surface area contributed by atoms with Crippen molar-refractivity contribution in [1.82, 2.24) is 0 Å². The largest absolute Gasteiger partial charge is 0.341 e. The number of hydrogen-bond donors (Lipinski definition) is 2. The zero-order valence-electron chi connectivity index (χ0n) is 16.4. The van der Waals surface area contributed by atoms with Gasteiger partial charge in [-0.25, -0.2) is 12.8 Å². The Balaban J connectivity index is 1.70. The van der Waals surface area contributed by atoms with Gasteiger partial charge in [0.25, 0.3) is 5.91 Å². The molecule has 2 aromatic carbocycles. The summed E-state index contributed by atoms with van der Waals surface area (Å²) >= 11 is 0. The first-order chi connectivity index (χ1) is 14.7. The number of nitrogens with one attached hydrogen (secondary N) is 2. The number of hydrogen-bond acceptors (Lipinski definition) is 4. The van der Waals surface area contributed by atoms with E-state index < -0.39 is 32.2 Å². The Hall–Kier alpha value is -2.88. The Labute approximate surface area is 177 Å². The van der Waals surface area contributed by atoms with Crippen LogP contribution in [0.15, 0.2) is 47.4 Å². The maximum atomic E-state index is 14.1. The maximum absolute atomic E-state index is 14.1. The van der Waals surface area contributed by atoms with Gasteiger partial charge in [0.15, 0.2) is 0 Å². The molecule has 0 unspecified atom stereocenters. The first-order valence-electron chi connectivity index (χ1n) is 9.72. The normalized spacial score (nSPS) is 15.0. The van der Waals surface area contributed by atoms with E-state index in [-0.39, 0.29) is 28.8 Å². The van der Waals surface area contributed by atoms with E-state index in [1.165, 1.54) is 12.1 Å². The SMILES string of the molecule is O=C(Nc1ccc(F)c(NC(=O)C2CCCCC2)c1)c1ccc(S(=O)(=O)C(F)F)cc1. The molecular formula is C21H21F3N2O4S. The van der Waals surface area contributed by atoms with Crippen LogP contribution in [0.1, 0.15) is 42.5 Å². The maximum Gasteiger partial charge on any atom is 0.341 e. The van der Waals surface area contributed by atoms with Gasteiger partial charge in [-0.1, -0.05) is 19.3 Å². The summed E-state index contributed by atoms with van der Waals surface area (Å²) < 4.78 is 62.2. The van der Waals surface area contributed by atoms with Crippen LogP contribution in [-0.4, -0.2) is 26.0 Å². The molecule has 0 aliphatic heterocycles. The third-order valence-corrected chi connectivity index (χ3v) is 6.54. The molecule has 2 N–H and O–H groups in total. The molecule has 0 saturated heterocycles. The Morgan fingerprint density at radius 3 is 2.19 bits per heavy atom. The van der Waals surface area contributed by atoms with Crippen LogP contribution in [0.3, 0.4) is 0 Å². The molecule has 0 atom stereocenters. The number of amides is 2. The van der Waals surface area contributed by atoms with Crippen molar-refractivity contribution >= 4 is 33.0 Å². The van der Waals surface area contributed by atoms with Gasteiger partial charge in [-0.15, -0.1) is 0 Å². The fraction of sp³-hybridized carbons (Fsp3) is 0.333. The summed E-state index contributed by atoms with van der Waals surface area (Å²) in [6, 6.07) is 7.71. The van der Waals surface area contributed by atoms with Gasteiger partial charge >= 0.3 is 5.76 Å². The molecular weight excluding hydrogens is 433 g/mol.